The number of alkyl halides is 1. The van der Waals surface area contributed by atoms with E-state index in [1.807, 2.05) is 0 Å². The number of carbonyl (C=O) groups excluding carboxylic acids is 1. The quantitative estimate of drug-likeness (QED) is 0.274. The summed E-state index contributed by atoms with van der Waals surface area (Å²) in [6, 6.07) is 8.15. The van der Waals surface area contributed by atoms with Crippen LogP contribution in [0, 0.1) is 0 Å². The Hall–Kier alpha value is -1.60. The zero-order chi connectivity index (χ0) is 17.1. The lowest BCUT2D eigenvalue weighted by molar-refractivity contribution is -0.135. The van der Waals surface area contributed by atoms with Crippen LogP contribution in [0.5, 0.6) is 0 Å². The molecule has 7 heteroatoms. The third kappa shape index (κ3) is 7.47. The number of sulfone groups is 1. The van der Waals surface area contributed by atoms with Gasteiger partial charge in [-0.2, -0.15) is 0 Å². The zero-order valence-electron chi connectivity index (χ0n) is 12.7. The van der Waals surface area contributed by atoms with E-state index in [0.717, 1.165) is 23.2 Å². The van der Waals surface area contributed by atoms with Gasteiger partial charge in [0.2, 0.25) is 0 Å². The highest BCUT2D eigenvalue weighted by Gasteiger charge is 2.11. The summed E-state index contributed by atoms with van der Waals surface area (Å²) >= 11 is 3.32. The number of benzene rings is 1. The maximum absolute atomic E-state index is 12.2. The van der Waals surface area contributed by atoms with Gasteiger partial charge in [0.25, 0.3) is 0 Å². The van der Waals surface area contributed by atoms with Crippen LogP contribution in [0.3, 0.4) is 0 Å². The summed E-state index contributed by atoms with van der Waals surface area (Å²) in [6.45, 7) is 0. The van der Waals surface area contributed by atoms with Gasteiger partial charge >= 0.3 is 5.97 Å². The maximum atomic E-state index is 12.2. The first-order chi connectivity index (χ1) is 11.0. The number of halogens is 1. The summed E-state index contributed by atoms with van der Waals surface area (Å²) in [4.78, 5) is 11.2. The molecule has 23 heavy (non-hydrogen) atoms. The molecule has 0 N–H and O–H groups in total. The highest BCUT2D eigenvalue weighted by atomic mass is 79.9. The van der Waals surface area contributed by atoms with Crippen molar-refractivity contribution in [3.8, 4) is 0 Å². The smallest absolute Gasteiger partial charge is 0.333 e. The molecule has 0 aromatic heterocycles. The van der Waals surface area contributed by atoms with E-state index in [9.17, 15) is 13.2 Å². The largest absolute Gasteiger partial charge is 0.494 e. The molecule has 1 atom stereocenters. The molecule has 1 rings (SSSR count). The van der Waals surface area contributed by atoms with Crippen LogP contribution in [0.2, 0.25) is 0 Å². The molecular formula is C16H19BrO5S. The van der Waals surface area contributed by atoms with Crippen molar-refractivity contribution < 1.29 is 22.7 Å². The van der Waals surface area contributed by atoms with Crippen molar-refractivity contribution in [3.63, 3.8) is 0 Å². The summed E-state index contributed by atoms with van der Waals surface area (Å²) in [5.41, 5.74) is 0. The molecule has 0 saturated carbocycles. The first-order valence-corrected chi connectivity index (χ1v) is 9.60. The van der Waals surface area contributed by atoms with Gasteiger partial charge in [-0.1, -0.05) is 34.1 Å². The summed E-state index contributed by atoms with van der Waals surface area (Å²) < 4.78 is 34.2. The molecule has 0 amide bonds. The molecule has 0 spiro atoms. The fraction of sp³-hybridized carbons (Fsp3) is 0.312. The molecule has 0 aliphatic heterocycles. The summed E-state index contributed by atoms with van der Waals surface area (Å²) in [7, 11) is -2.25. The number of esters is 1. The third-order valence-electron chi connectivity index (χ3n) is 2.83. The number of ether oxygens (including phenoxy) is 2. The van der Waals surface area contributed by atoms with Crippen molar-refractivity contribution in [3.05, 3.63) is 54.2 Å². The highest BCUT2D eigenvalue weighted by molar-refractivity contribution is 9.09. The second-order valence-electron chi connectivity index (χ2n) is 4.52. The molecule has 0 fully saturated rings. The van der Waals surface area contributed by atoms with Crippen LogP contribution >= 0.6 is 15.9 Å². The lowest BCUT2D eigenvalue weighted by atomic mass is 10.2. The predicted molar refractivity (Wildman–Crippen MR) is 91.8 cm³/mol. The second-order valence-corrected chi connectivity index (χ2v) is 7.14. The second kappa shape index (κ2) is 10.2. The molecular weight excluding hydrogens is 384 g/mol. The summed E-state index contributed by atoms with van der Waals surface area (Å²) in [6.07, 6.45) is 4.79. The van der Waals surface area contributed by atoms with Gasteiger partial charge in [-0.05, 0) is 31.1 Å². The van der Waals surface area contributed by atoms with Gasteiger partial charge in [0.05, 0.1) is 24.3 Å². The standard InChI is InChI=1S/C16H19BrO5S/c1-21-16(18)9-12-22-14(6-5-11-17)10-13-23(19,20)15-7-3-2-4-8-15/h2-4,7-10,12-14H,5-6,11H2,1H3/b12-9+,13-10+. The van der Waals surface area contributed by atoms with Crippen LogP contribution in [-0.2, 0) is 24.1 Å². The van der Waals surface area contributed by atoms with Gasteiger partial charge in [-0.25, -0.2) is 13.2 Å². The van der Waals surface area contributed by atoms with Crippen LogP contribution in [0.15, 0.2) is 59.0 Å². The van der Waals surface area contributed by atoms with Gasteiger partial charge in [0.1, 0.15) is 6.10 Å². The van der Waals surface area contributed by atoms with Crippen LogP contribution in [0.25, 0.3) is 0 Å². The molecule has 0 saturated heterocycles. The van der Waals surface area contributed by atoms with Crippen LogP contribution in [-0.4, -0.2) is 32.9 Å². The Labute approximate surface area is 145 Å². The number of carbonyl (C=O) groups is 1. The van der Waals surface area contributed by atoms with E-state index in [1.165, 1.54) is 31.6 Å². The Morgan fingerprint density at radius 1 is 1.30 bits per heavy atom. The molecule has 126 valence electrons. The Balaban J connectivity index is 2.79. The Morgan fingerprint density at radius 3 is 2.61 bits per heavy atom. The van der Waals surface area contributed by atoms with Gasteiger partial charge in [-0.3, -0.25) is 0 Å². The molecule has 1 aromatic rings. The van der Waals surface area contributed by atoms with Gasteiger partial charge in [0.15, 0.2) is 9.84 Å². The molecule has 0 heterocycles. The monoisotopic (exact) mass is 402 g/mol. The third-order valence-corrected chi connectivity index (χ3v) is 4.83. The maximum Gasteiger partial charge on any atom is 0.333 e. The molecule has 0 aliphatic carbocycles. The van der Waals surface area contributed by atoms with Gasteiger partial charge in [-0.15, -0.1) is 0 Å². The molecule has 0 radical (unpaired) electrons. The van der Waals surface area contributed by atoms with Crippen molar-refractivity contribution in [1.82, 2.24) is 0 Å². The minimum atomic E-state index is -3.51. The fourth-order valence-electron chi connectivity index (χ4n) is 1.63. The van der Waals surface area contributed by atoms with Crippen LogP contribution in [0.4, 0.5) is 0 Å². The van der Waals surface area contributed by atoms with Crippen molar-refractivity contribution in [1.29, 1.82) is 0 Å². The minimum Gasteiger partial charge on any atom is -0.494 e. The SMILES string of the molecule is COC(=O)/C=C/OC(/C=C/S(=O)(=O)c1ccccc1)CCCBr. The van der Waals surface area contributed by atoms with E-state index >= 15 is 0 Å². The Morgan fingerprint density at radius 2 is 2.00 bits per heavy atom. The number of methoxy groups -OCH3 is 1. The van der Waals surface area contributed by atoms with Gasteiger partial charge < -0.3 is 9.47 Å². The number of rotatable bonds is 9. The zero-order valence-corrected chi connectivity index (χ0v) is 15.1. The number of hydrogen-bond acceptors (Lipinski definition) is 5. The first kappa shape index (κ1) is 19.4. The lowest BCUT2D eigenvalue weighted by Gasteiger charge is -2.11. The first-order valence-electron chi connectivity index (χ1n) is 6.94. The van der Waals surface area contributed by atoms with E-state index in [2.05, 4.69) is 20.7 Å². The van der Waals surface area contributed by atoms with E-state index in [-0.39, 0.29) is 4.90 Å². The average Bonchev–Trinajstić information content (AvgIpc) is 2.57. The topological polar surface area (TPSA) is 69.7 Å². The Kier molecular flexibility index (Phi) is 8.65. The molecule has 5 nitrogen and oxygen atoms in total. The summed E-state index contributed by atoms with van der Waals surface area (Å²) in [5.74, 6) is -0.537. The molecule has 0 aliphatic rings. The lowest BCUT2D eigenvalue weighted by Crippen LogP contribution is -2.08. The van der Waals surface area contributed by atoms with Crippen molar-refractivity contribution >= 4 is 31.7 Å². The fourth-order valence-corrected chi connectivity index (χ4v) is 3.03. The average molecular weight is 403 g/mol. The number of hydrogen-bond donors (Lipinski definition) is 0. The van der Waals surface area contributed by atoms with Crippen molar-refractivity contribution in [2.75, 3.05) is 12.4 Å². The van der Waals surface area contributed by atoms with E-state index < -0.39 is 21.9 Å². The Bertz CT molecular complexity index is 638. The van der Waals surface area contributed by atoms with E-state index in [4.69, 9.17) is 4.74 Å². The minimum absolute atomic E-state index is 0.223. The predicted octanol–water partition coefficient (Wildman–Crippen LogP) is 3.22. The van der Waals surface area contributed by atoms with E-state index in [1.54, 1.807) is 18.2 Å². The van der Waals surface area contributed by atoms with Crippen molar-refractivity contribution in [2.45, 2.75) is 23.8 Å². The molecule has 1 unspecified atom stereocenters. The molecule has 0 bridgehead atoms. The van der Waals surface area contributed by atoms with Crippen molar-refractivity contribution in [2.24, 2.45) is 0 Å². The van der Waals surface area contributed by atoms with Crippen LogP contribution < -0.4 is 0 Å². The summed E-state index contributed by atoms with van der Waals surface area (Å²) in [5, 5.41) is 1.90. The van der Waals surface area contributed by atoms with E-state index in [0.29, 0.717) is 6.42 Å². The van der Waals surface area contributed by atoms with Crippen LogP contribution in [0.1, 0.15) is 12.8 Å². The normalized spacial score (nSPS) is 13.3. The molecule has 1 aromatic carbocycles. The van der Waals surface area contributed by atoms with Gasteiger partial charge in [0, 0.05) is 10.7 Å². The highest BCUT2D eigenvalue weighted by Crippen LogP contribution is 2.14.